The molecule has 0 aromatic heterocycles. The summed E-state index contributed by atoms with van der Waals surface area (Å²) in [6, 6.07) is 85.7. The van der Waals surface area contributed by atoms with E-state index in [1.165, 1.54) is 116 Å². The lowest BCUT2D eigenvalue weighted by atomic mass is 9.80. The first-order valence-electron chi connectivity index (χ1n) is 43.6. The largest absolute Gasteiger partial charge is 0.488 e. The molecule has 15 aromatic carbocycles. The van der Waals surface area contributed by atoms with Crippen LogP contribution in [0.4, 0.5) is 68.2 Å². The predicted molar refractivity (Wildman–Crippen MR) is 537 cm³/mol. The summed E-state index contributed by atoms with van der Waals surface area (Å²) in [7, 11) is -1.58. The van der Waals surface area contributed by atoms with Crippen LogP contribution >= 0.6 is 15.9 Å². The fraction of sp³-hybridized carbons (Fsp3) is 0.0377. The van der Waals surface area contributed by atoms with E-state index in [9.17, 15) is 98.0 Å². The van der Waals surface area contributed by atoms with E-state index in [1.54, 1.807) is 200 Å². The Labute approximate surface area is 828 Å². The summed E-state index contributed by atoms with van der Waals surface area (Å²) in [6.45, 7) is 2.00. The zero-order valence-corrected chi connectivity index (χ0v) is 76.7. The van der Waals surface area contributed by atoms with Gasteiger partial charge in [0.15, 0.2) is 0 Å². The van der Waals surface area contributed by atoms with Gasteiger partial charge in [0.2, 0.25) is 0 Å². The van der Waals surface area contributed by atoms with Gasteiger partial charge in [0, 0.05) is 89.0 Å². The first-order chi connectivity index (χ1) is 69.5. The van der Waals surface area contributed by atoms with Crippen molar-refractivity contribution in [1.82, 2.24) is 0 Å². The first kappa shape index (κ1) is 98.4. The van der Waals surface area contributed by atoms with Gasteiger partial charge in [-0.2, -0.15) is 0 Å². The molecule has 10 N–H and O–H groups in total. The predicted octanol–water partition coefficient (Wildman–Crippen LogP) is 17.5. The third-order valence-corrected chi connectivity index (χ3v) is 23.9. The van der Waals surface area contributed by atoms with Gasteiger partial charge in [0.05, 0.1) is 109 Å². The highest BCUT2D eigenvalue weighted by molar-refractivity contribution is 9.10. The second-order valence-electron chi connectivity index (χ2n) is 32.5. The molecule has 22 rings (SSSR count). The number of anilines is 8. The van der Waals surface area contributed by atoms with E-state index in [4.69, 9.17) is 37.7 Å². The zero-order valence-electron chi connectivity index (χ0n) is 75.1. The molecule has 7 heterocycles. The van der Waals surface area contributed by atoms with Crippen LogP contribution in [-0.2, 0) is 14.2 Å². The van der Waals surface area contributed by atoms with Crippen LogP contribution in [0.2, 0.25) is 0 Å². The molecule has 7 aliphatic heterocycles. The molecule has 0 atom stereocenters. The van der Waals surface area contributed by atoms with Crippen LogP contribution in [0.15, 0.2) is 332 Å². The molecule has 0 bridgehead atoms. The highest BCUT2D eigenvalue weighted by atomic mass is 79.9. The Hall–Kier alpha value is -19.6. The van der Waals surface area contributed by atoms with Crippen LogP contribution in [-0.4, -0.2) is 121 Å². The van der Waals surface area contributed by atoms with Crippen molar-refractivity contribution in [3.05, 3.63) is 439 Å². The summed E-state index contributed by atoms with van der Waals surface area (Å²) in [5.74, 6) is -6.44. The fourth-order valence-electron chi connectivity index (χ4n) is 15.9. The monoisotopic (exact) mass is 2000 g/mol. The summed E-state index contributed by atoms with van der Waals surface area (Å²) >= 11 is 3.19. The number of benzene rings is 15. The minimum absolute atomic E-state index is 0.00972. The minimum atomic E-state index is -1.58. The number of hydrogen-bond acceptors (Lipinski definition) is 29. The third-order valence-electron chi connectivity index (χ3n) is 23.4. The number of nitro groups is 4. The molecule has 7 aliphatic rings. The standard InChI is InChI=1S/C34H18N4O8.C34H22N4O4.C14H7NO5.C8H3BrO3.C6H6BNO4.C6H8N2.C4H8O/c39-31-27-15-5-21(19-1-7-25(8-2-19)37(43)44)17-29(27)33(41)35(31)23-11-13-24(14-12-23)36-32(40)28-16-6-22(18-30(28)34(36)42)20-3-9-26(10-4-20)38(45)46;35-23-7-1-19(2-8-23)21-5-15-27-29(17-21)33(41)37(31(27)39)25-11-13-26(14-12-25)38-32(40)28-16-6-22(18-30(28)34(38)42)20-3-9-24(36)10-4-20;16-13-11-6-3-9(7-12(11)14(17)20-13)8-1-4-10(5-2-8)15(18)19;9-4-1-2-5-6(3-4)8(11)12-7(5)10;9-7(10)5-1-3-6(4-2-5)8(11)12;7-5-1-2-6(8)4-3-5;1-2-4-5-3-1/h1-18H;1-18H,35-36H2;1-7H;1-3H;1-4,9-10H;1-4H,7-8H2;1-4H2. The molecule has 0 saturated carbocycles. The van der Waals surface area contributed by atoms with Crippen molar-refractivity contribution in [3.8, 4) is 55.6 Å². The van der Waals surface area contributed by atoms with Gasteiger partial charge in [-0.05, 0) is 286 Å². The summed E-state index contributed by atoms with van der Waals surface area (Å²) in [6.07, 6.45) is 2.56. The van der Waals surface area contributed by atoms with E-state index >= 15 is 0 Å². The second-order valence-corrected chi connectivity index (χ2v) is 33.4. The molecule has 0 spiro atoms. The number of carbonyl (C=O) groups excluding carboxylic acids is 12. The lowest BCUT2D eigenvalue weighted by molar-refractivity contribution is -0.385. The smallest absolute Gasteiger partial charge is 0.423 e. The number of fused-ring (bicyclic) bond motifs is 6. The molecule has 8 amide bonds. The Morgan fingerprint density at radius 1 is 0.248 bits per heavy atom. The molecular formula is C106H72BBrN12O25. The molecule has 145 heavy (non-hydrogen) atoms. The molecular weight excluding hydrogens is 1930 g/mol. The number of nitrogens with two attached hydrogens (primary N) is 4. The van der Waals surface area contributed by atoms with Crippen LogP contribution in [0.25, 0.3) is 55.6 Å². The van der Waals surface area contributed by atoms with Crippen LogP contribution in [0.3, 0.4) is 0 Å². The SMILES string of the molecule is C1CCOC1.Nc1ccc(-c2ccc3c(c2)C(=O)N(c2ccc(N4C(=O)c5ccc(-c6ccc(N)cc6)cc5C4=O)cc2)C3=O)cc1.Nc1ccc(N)cc1.O=C1OC(=O)c2cc(-c3ccc([N+](=O)[O-])cc3)ccc21.O=C1OC(=O)c2cc(Br)ccc21.O=C1c2ccc(-c3ccc([N+](=O)[O-])cc3)cc2C(=O)N1c1ccc(N2C(=O)c3ccc(-c4ccc([N+](=O)[O-])cc4)cc3C2=O)cc1.O=[N+]([O-])c1ccc(B(O)O)cc1. The third kappa shape index (κ3) is 21.1. The summed E-state index contributed by atoms with van der Waals surface area (Å²) < 4.78 is 14.6. The Bertz CT molecular complexity index is 7550. The number of nitro benzene ring substituents is 4. The van der Waals surface area contributed by atoms with Gasteiger partial charge in [-0.3, -0.25) is 78.8 Å². The van der Waals surface area contributed by atoms with E-state index in [0.29, 0.717) is 89.5 Å². The van der Waals surface area contributed by atoms with Gasteiger partial charge >= 0.3 is 31.0 Å². The van der Waals surface area contributed by atoms with Crippen LogP contribution < -0.4 is 48.0 Å². The minimum Gasteiger partial charge on any atom is -0.423 e. The second kappa shape index (κ2) is 42.0. The van der Waals surface area contributed by atoms with Crippen molar-refractivity contribution in [2.75, 3.05) is 55.7 Å². The average molecular weight is 2000 g/mol. The number of cyclic esters (lactones) is 4. The molecule has 716 valence electrons. The maximum absolute atomic E-state index is 13.4. The van der Waals surface area contributed by atoms with E-state index in [0.717, 1.165) is 70.9 Å². The van der Waals surface area contributed by atoms with Crippen LogP contribution in [0.5, 0.6) is 0 Å². The van der Waals surface area contributed by atoms with Gasteiger partial charge in [-0.1, -0.05) is 82.7 Å². The summed E-state index contributed by atoms with van der Waals surface area (Å²) in [5.41, 5.74) is 36.5. The molecule has 15 aromatic rings. The van der Waals surface area contributed by atoms with Crippen molar-refractivity contribution in [2.24, 2.45) is 0 Å². The number of non-ortho nitro benzene ring substituents is 4. The van der Waals surface area contributed by atoms with Crippen molar-refractivity contribution >= 4 is 168 Å². The Morgan fingerprint density at radius 3 is 0.690 bits per heavy atom. The number of imide groups is 4. The Balaban J connectivity index is 0.000000136. The number of ether oxygens (including phenoxy) is 3. The molecule has 0 unspecified atom stereocenters. The van der Waals surface area contributed by atoms with Gasteiger partial charge in [-0.25, -0.2) is 38.8 Å². The molecule has 0 radical (unpaired) electrons. The van der Waals surface area contributed by atoms with Gasteiger partial charge in [0.25, 0.3) is 70.0 Å². The van der Waals surface area contributed by atoms with Crippen LogP contribution in [0.1, 0.15) is 137 Å². The normalized spacial score (nSPS) is 13.5. The molecule has 1 saturated heterocycles. The van der Waals surface area contributed by atoms with Crippen molar-refractivity contribution in [3.63, 3.8) is 0 Å². The van der Waals surface area contributed by atoms with E-state index < -0.39 is 97.9 Å². The number of carbonyl (C=O) groups is 12. The van der Waals surface area contributed by atoms with Crippen molar-refractivity contribution in [1.29, 1.82) is 0 Å². The van der Waals surface area contributed by atoms with Gasteiger partial charge in [-0.15, -0.1) is 0 Å². The van der Waals surface area contributed by atoms with Gasteiger partial charge < -0.3 is 47.2 Å². The Morgan fingerprint density at radius 2 is 0.448 bits per heavy atom. The highest BCUT2D eigenvalue weighted by Gasteiger charge is 2.43. The number of hydrogen-bond donors (Lipinski definition) is 6. The fourth-order valence-corrected chi connectivity index (χ4v) is 16.3. The molecule has 37 nitrogen and oxygen atoms in total. The number of esters is 4. The maximum atomic E-state index is 13.4. The van der Waals surface area contributed by atoms with Crippen molar-refractivity contribution < 1.29 is 101 Å². The van der Waals surface area contributed by atoms with E-state index in [1.807, 2.05) is 24.3 Å². The van der Waals surface area contributed by atoms with Gasteiger partial charge in [0.1, 0.15) is 0 Å². The lowest BCUT2D eigenvalue weighted by Crippen LogP contribution is -2.30. The number of nitrogens with zero attached hydrogens (tertiary/aromatic N) is 8. The summed E-state index contributed by atoms with van der Waals surface area (Å²) in [4.78, 5) is 196. The van der Waals surface area contributed by atoms with E-state index in [-0.39, 0.29) is 73.0 Å². The average Bonchev–Trinajstić information content (AvgIpc) is 1.60. The number of rotatable bonds is 14. The van der Waals surface area contributed by atoms with E-state index in [2.05, 4.69) is 25.4 Å². The van der Waals surface area contributed by atoms with Crippen LogP contribution in [0, 0.1) is 40.5 Å². The number of amides is 8. The first-order valence-corrected chi connectivity index (χ1v) is 44.4. The summed E-state index contributed by atoms with van der Waals surface area (Å²) in [5, 5.41) is 60.0. The number of halogens is 1. The maximum Gasteiger partial charge on any atom is 0.488 e. The molecule has 0 aliphatic carbocycles. The topological polar surface area (TPSA) is 563 Å². The highest BCUT2D eigenvalue weighted by Crippen LogP contribution is 2.41. The molecule has 1 fully saturated rings. The molecule has 39 heteroatoms. The van der Waals surface area contributed by atoms with Crippen molar-refractivity contribution in [2.45, 2.75) is 12.8 Å². The lowest BCUT2D eigenvalue weighted by Gasteiger charge is -2.17. The number of nitrogen functional groups attached to an aromatic ring is 4. The Kier molecular flexibility index (Phi) is 28.5. The zero-order chi connectivity index (χ0) is 103. The quantitative estimate of drug-likeness (QED) is 0.0112.